The summed E-state index contributed by atoms with van der Waals surface area (Å²) in [6.07, 6.45) is -6.14. The van der Waals surface area contributed by atoms with Crippen molar-refractivity contribution in [2.75, 3.05) is 13.2 Å². The summed E-state index contributed by atoms with van der Waals surface area (Å²) < 4.78 is 24.0. The molecule has 2 saturated heterocycles. The number of ether oxygens (including phenoxy) is 4. The average Bonchev–Trinajstić information content (AvgIpc) is 3.66. The number of aliphatic hydroxyl groups excluding tert-OH is 8. The highest BCUT2D eigenvalue weighted by atomic mass is 16.7. The monoisotopic (exact) mass is 756 g/mol. The van der Waals surface area contributed by atoms with Crippen molar-refractivity contribution in [3.63, 3.8) is 0 Å². The van der Waals surface area contributed by atoms with E-state index in [4.69, 9.17) is 18.9 Å². The standard InChI is InChI=1S/C40H68O13/c1-19(8-9-25(45)36(4,5)49)27-21(42)15-38(7)24-14-20(41)32-35(2,3)26(10-11-40(32)18-39(24,40)13-12-37(27,38)6)52-34-31(29(47)23(44)17-51-34)53-33-30(48)28(46)22(43)16-50-33/h19-34,41-49H,8-18H2,1-7H3/t19-,20+,21-,22+,23-,24+,25-,26+,27-,28-,29+,30+,31+,32-,33+,34+,37-,38+,39+,40-/m1/s1. The predicted octanol–water partition coefficient (Wildman–Crippen LogP) is 1.20. The van der Waals surface area contributed by atoms with Crippen molar-refractivity contribution in [2.24, 2.45) is 50.7 Å². The van der Waals surface area contributed by atoms with Crippen molar-refractivity contribution in [3.05, 3.63) is 0 Å². The van der Waals surface area contributed by atoms with Gasteiger partial charge in [-0.15, -0.1) is 0 Å². The molecular formula is C40H68O13. The number of aliphatic hydroxyl groups is 9. The van der Waals surface area contributed by atoms with Crippen molar-refractivity contribution >= 4 is 0 Å². The van der Waals surface area contributed by atoms with Gasteiger partial charge in [-0.3, -0.25) is 0 Å². The van der Waals surface area contributed by atoms with E-state index in [0.29, 0.717) is 32.1 Å². The average molecular weight is 757 g/mol. The zero-order chi connectivity index (χ0) is 38.8. The van der Waals surface area contributed by atoms with Gasteiger partial charge in [0.1, 0.15) is 36.6 Å². The maximum absolute atomic E-state index is 12.3. The second kappa shape index (κ2) is 13.5. The van der Waals surface area contributed by atoms with Gasteiger partial charge in [0, 0.05) is 0 Å². The molecule has 306 valence electrons. The van der Waals surface area contributed by atoms with Gasteiger partial charge in [-0.2, -0.15) is 0 Å². The molecular weight excluding hydrogens is 688 g/mol. The van der Waals surface area contributed by atoms with Crippen molar-refractivity contribution < 1.29 is 64.9 Å². The first-order valence-electron chi connectivity index (χ1n) is 20.3. The van der Waals surface area contributed by atoms with Crippen LogP contribution in [0.15, 0.2) is 0 Å². The maximum Gasteiger partial charge on any atom is 0.186 e. The molecule has 53 heavy (non-hydrogen) atoms. The second-order valence-electron chi connectivity index (χ2n) is 20.3. The smallest absolute Gasteiger partial charge is 0.186 e. The highest BCUT2D eigenvalue weighted by Gasteiger charge is 2.84. The van der Waals surface area contributed by atoms with E-state index in [1.54, 1.807) is 13.8 Å². The molecule has 7 fully saturated rings. The Morgan fingerprint density at radius 1 is 0.736 bits per heavy atom. The van der Waals surface area contributed by atoms with Gasteiger partial charge < -0.3 is 64.9 Å². The van der Waals surface area contributed by atoms with Crippen LogP contribution in [-0.2, 0) is 18.9 Å². The summed E-state index contributed by atoms with van der Waals surface area (Å²) in [4.78, 5) is 0. The SMILES string of the molecule is C[C@H](CC[C@@H](O)C(C)(C)O)[C@@H]1[C@H](O)C[C@@]2(C)[C@@H]3C[C@H](O)[C@@H]4C(C)(C)[C@@H](O[C@@H]5OC[C@@H](O)[C@H](O)[C@@H]5O[C@@H]5OC[C@H](O)[C@@H](O)[C@@H]5O)CC[C@@]45C[C@@]35CC[C@]12C. The minimum atomic E-state index is -1.60. The van der Waals surface area contributed by atoms with Gasteiger partial charge >= 0.3 is 0 Å². The minimum absolute atomic E-state index is 0.0511. The molecule has 20 atom stereocenters. The Morgan fingerprint density at radius 3 is 2.04 bits per heavy atom. The van der Waals surface area contributed by atoms with Crippen molar-refractivity contribution in [1.82, 2.24) is 0 Å². The van der Waals surface area contributed by atoms with Crippen LogP contribution in [0, 0.1) is 50.7 Å². The van der Waals surface area contributed by atoms with Gasteiger partial charge in [-0.25, -0.2) is 0 Å². The fraction of sp³-hybridized carbons (Fsp3) is 1.00. The van der Waals surface area contributed by atoms with Crippen LogP contribution in [0.3, 0.4) is 0 Å². The molecule has 7 rings (SSSR count). The fourth-order valence-electron chi connectivity index (χ4n) is 13.9. The number of hydrogen-bond acceptors (Lipinski definition) is 13. The Balaban J connectivity index is 1.09. The molecule has 0 aromatic carbocycles. The van der Waals surface area contributed by atoms with E-state index in [2.05, 4.69) is 34.6 Å². The first kappa shape index (κ1) is 40.7. The van der Waals surface area contributed by atoms with E-state index < -0.39 is 84.6 Å². The van der Waals surface area contributed by atoms with Crippen LogP contribution >= 0.6 is 0 Å². The maximum atomic E-state index is 12.3. The third-order valence-corrected chi connectivity index (χ3v) is 16.9. The molecule has 13 nitrogen and oxygen atoms in total. The minimum Gasteiger partial charge on any atom is -0.393 e. The van der Waals surface area contributed by atoms with E-state index >= 15 is 0 Å². The lowest BCUT2D eigenvalue weighted by atomic mass is 9.41. The molecule has 0 unspecified atom stereocenters. The molecule has 7 aliphatic rings. The zero-order valence-corrected chi connectivity index (χ0v) is 32.7. The molecule has 2 spiro atoms. The van der Waals surface area contributed by atoms with Gasteiger partial charge in [0.05, 0.1) is 43.2 Å². The Kier molecular flexibility index (Phi) is 10.4. The quantitative estimate of drug-likeness (QED) is 0.151. The molecule has 2 aliphatic heterocycles. The first-order valence-corrected chi connectivity index (χ1v) is 20.3. The second-order valence-corrected chi connectivity index (χ2v) is 20.3. The summed E-state index contributed by atoms with van der Waals surface area (Å²) in [6, 6.07) is 0. The van der Waals surface area contributed by atoms with Crippen LogP contribution in [0.5, 0.6) is 0 Å². The molecule has 0 amide bonds. The zero-order valence-electron chi connectivity index (χ0n) is 32.7. The first-order chi connectivity index (χ1) is 24.6. The van der Waals surface area contributed by atoms with E-state index in [0.717, 1.165) is 25.7 Å². The third-order valence-electron chi connectivity index (χ3n) is 16.9. The highest BCUT2D eigenvalue weighted by Crippen LogP contribution is 2.89. The Morgan fingerprint density at radius 2 is 1.38 bits per heavy atom. The summed E-state index contributed by atoms with van der Waals surface area (Å²) in [7, 11) is 0. The van der Waals surface area contributed by atoms with Gasteiger partial charge in [-0.05, 0) is 122 Å². The van der Waals surface area contributed by atoms with Gasteiger partial charge in [0.15, 0.2) is 12.6 Å². The lowest BCUT2D eigenvalue weighted by Gasteiger charge is -2.64. The lowest BCUT2D eigenvalue weighted by Crippen LogP contribution is -2.63. The van der Waals surface area contributed by atoms with Crippen LogP contribution in [0.25, 0.3) is 0 Å². The molecule has 0 aromatic heterocycles. The van der Waals surface area contributed by atoms with E-state index in [-0.39, 0.29) is 58.5 Å². The summed E-state index contributed by atoms with van der Waals surface area (Å²) >= 11 is 0. The van der Waals surface area contributed by atoms with Gasteiger partial charge in [0.2, 0.25) is 0 Å². The third kappa shape index (κ3) is 6.04. The number of rotatable bonds is 9. The molecule has 13 heteroatoms. The number of hydrogen-bond donors (Lipinski definition) is 9. The molecule has 9 N–H and O–H groups in total. The van der Waals surface area contributed by atoms with Crippen molar-refractivity contribution in [3.8, 4) is 0 Å². The summed E-state index contributed by atoms with van der Waals surface area (Å²) in [6.45, 7) is 14.0. The Bertz CT molecular complexity index is 1340. The topological polar surface area (TPSA) is 219 Å². The van der Waals surface area contributed by atoms with Crippen LogP contribution in [-0.4, -0.2) is 138 Å². The summed E-state index contributed by atoms with van der Waals surface area (Å²) in [5.74, 6) is 0.384. The lowest BCUT2D eigenvalue weighted by molar-refractivity contribution is -0.356. The van der Waals surface area contributed by atoms with E-state index in [9.17, 15) is 46.0 Å². The van der Waals surface area contributed by atoms with E-state index in [1.165, 1.54) is 0 Å². The molecule has 5 saturated carbocycles. The Hall–Kier alpha value is -0.520. The normalized spacial score (nSPS) is 54.6. The summed E-state index contributed by atoms with van der Waals surface area (Å²) in [5, 5.41) is 97.2. The van der Waals surface area contributed by atoms with Crippen LogP contribution < -0.4 is 0 Å². The van der Waals surface area contributed by atoms with Crippen molar-refractivity contribution in [2.45, 2.75) is 185 Å². The van der Waals surface area contributed by atoms with Crippen LogP contribution in [0.4, 0.5) is 0 Å². The highest BCUT2D eigenvalue weighted by molar-refractivity contribution is 5.32. The molecule has 2 heterocycles. The van der Waals surface area contributed by atoms with E-state index in [1.807, 2.05) is 0 Å². The fourth-order valence-corrected chi connectivity index (χ4v) is 13.9. The van der Waals surface area contributed by atoms with Gasteiger partial charge in [0.25, 0.3) is 0 Å². The summed E-state index contributed by atoms with van der Waals surface area (Å²) in [5.41, 5.74) is -2.05. The molecule has 0 radical (unpaired) electrons. The van der Waals surface area contributed by atoms with Crippen LogP contribution in [0.2, 0.25) is 0 Å². The molecule has 5 aliphatic carbocycles. The number of fused-ring (bicyclic) bond motifs is 2. The molecule has 0 bridgehead atoms. The predicted molar refractivity (Wildman–Crippen MR) is 190 cm³/mol. The van der Waals surface area contributed by atoms with Crippen LogP contribution in [0.1, 0.15) is 106 Å². The Labute approximate surface area is 314 Å². The largest absolute Gasteiger partial charge is 0.393 e. The molecule has 0 aromatic rings. The van der Waals surface area contributed by atoms with Crippen molar-refractivity contribution in [1.29, 1.82) is 0 Å². The van der Waals surface area contributed by atoms with Gasteiger partial charge in [-0.1, -0.05) is 34.6 Å².